The third-order valence-electron chi connectivity index (χ3n) is 8.01. The van der Waals surface area contributed by atoms with Crippen LogP contribution in [0.15, 0.2) is 41.6 Å². The number of aromatic nitrogens is 2. The van der Waals surface area contributed by atoms with Gasteiger partial charge < -0.3 is 39.8 Å². The van der Waals surface area contributed by atoms with Gasteiger partial charge in [-0.05, 0) is 37.0 Å². The van der Waals surface area contributed by atoms with Gasteiger partial charge >= 0.3 is 11.9 Å². The molecular weight excluding hydrogens is 738 g/mol. The van der Waals surface area contributed by atoms with E-state index in [0.29, 0.717) is 0 Å². The number of sulfonamides is 1. The molecule has 1 heterocycles. The number of carbonyl (C=O) groups excluding carboxylic acids is 2. The van der Waals surface area contributed by atoms with Crippen molar-refractivity contribution < 1.29 is 56.8 Å². The van der Waals surface area contributed by atoms with Gasteiger partial charge in [0.25, 0.3) is 15.9 Å². The zero-order valence-corrected chi connectivity index (χ0v) is 32.3. The van der Waals surface area contributed by atoms with Crippen molar-refractivity contribution in [1.82, 2.24) is 20.6 Å². The lowest BCUT2D eigenvalue weighted by molar-refractivity contribution is -0.143. The highest BCUT2D eigenvalue weighted by Gasteiger charge is 2.17. The second-order valence-corrected chi connectivity index (χ2v) is 14.3. The highest BCUT2D eigenvalue weighted by molar-refractivity contribution is 7.92. The number of nitrogens with one attached hydrogen (secondary N) is 3. The van der Waals surface area contributed by atoms with Crippen LogP contribution in [0, 0.1) is 0 Å². The van der Waals surface area contributed by atoms with Crippen molar-refractivity contribution in [3.05, 3.63) is 47.8 Å². The molecule has 1 aromatic heterocycles. The van der Waals surface area contributed by atoms with Crippen LogP contribution in [0.4, 0.5) is 5.95 Å². The van der Waals surface area contributed by atoms with Crippen LogP contribution in [0.5, 0.6) is 0 Å². The maximum Gasteiger partial charge on any atom is 0.329 e. The van der Waals surface area contributed by atoms with Crippen molar-refractivity contribution in [3.8, 4) is 0 Å². The minimum Gasteiger partial charge on any atom is -0.481 e. The van der Waals surface area contributed by atoms with Gasteiger partial charge in [-0.3, -0.25) is 14.4 Å². The van der Waals surface area contributed by atoms with E-state index in [4.69, 9.17) is 29.2 Å². The maximum atomic E-state index is 13.0. The van der Waals surface area contributed by atoms with Crippen molar-refractivity contribution in [1.29, 1.82) is 0 Å². The smallest absolute Gasteiger partial charge is 0.329 e. The van der Waals surface area contributed by atoms with E-state index in [1.165, 1.54) is 44.1 Å². The summed E-state index contributed by atoms with van der Waals surface area (Å²) in [4.78, 5) is 53.1. The topological polar surface area (TPSA) is 242 Å². The number of rotatable bonds is 34. The molecule has 2 rings (SSSR count). The number of aryl methyl sites for hydroxylation is 1. The van der Waals surface area contributed by atoms with Crippen molar-refractivity contribution in [2.75, 3.05) is 70.7 Å². The zero-order chi connectivity index (χ0) is 40.0. The highest BCUT2D eigenvalue weighted by atomic mass is 32.2. The third kappa shape index (κ3) is 24.0. The van der Waals surface area contributed by atoms with E-state index >= 15 is 0 Å². The first-order chi connectivity index (χ1) is 26.6. The summed E-state index contributed by atoms with van der Waals surface area (Å²) >= 11 is 0. The Morgan fingerprint density at radius 3 is 1.78 bits per heavy atom. The Morgan fingerprint density at radius 1 is 0.636 bits per heavy atom. The summed E-state index contributed by atoms with van der Waals surface area (Å²) in [6.45, 7) is 1.05. The number of carboxylic acid groups (broad SMARTS) is 2. The fourth-order valence-electron chi connectivity index (χ4n) is 5.16. The number of benzene rings is 1. The summed E-state index contributed by atoms with van der Waals surface area (Å²) in [5.74, 6) is -2.73. The molecule has 0 atom stereocenters. The van der Waals surface area contributed by atoms with Crippen molar-refractivity contribution in [2.24, 2.45) is 0 Å². The number of anilines is 1. The molecule has 0 unspecified atom stereocenters. The average Bonchev–Trinajstić information content (AvgIpc) is 3.15. The predicted octanol–water partition coefficient (Wildman–Crippen LogP) is 3.58. The van der Waals surface area contributed by atoms with Gasteiger partial charge in [-0.25, -0.2) is 27.9 Å². The summed E-state index contributed by atoms with van der Waals surface area (Å²) in [5, 5.41) is 22.4. The quantitative estimate of drug-likeness (QED) is 0.0637. The number of carboxylic acids is 2. The number of unbranched alkanes of at least 4 members (excludes halogenated alkanes) is 10. The van der Waals surface area contributed by atoms with Crippen LogP contribution in [0.2, 0.25) is 0 Å². The van der Waals surface area contributed by atoms with Gasteiger partial charge in [0.1, 0.15) is 13.2 Å². The van der Waals surface area contributed by atoms with E-state index in [0.717, 1.165) is 56.9 Å². The monoisotopic (exact) mass is 795 g/mol. The molecule has 2 amide bonds. The standard InChI is InChI=1S/C37H57N5O12S/c43-33(38-17-19-51-22-24-54-29-35(46)47)28-53-23-21-52-20-18-39-36(48)31-26-40-37(41-27-31)42-55(49,50)32-15-12-14-30(25-32)13-10-8-6-4-2-1-3-5-7-9-11-16-34(44)45/h12,14-15,25-27H,1-11,13,16-24,28-29H2,(H,38,43)(H,39,48)(H,44,45)(H,46,47)(H,40,41,42). The molecule has 0 aliphatic carbocycles. The molecule has 0 radical (unpaired) electrons. The lowest BCUT2D eigenvalue weighted by Gasteiger charge is -2.10. The normalized spacial score (nSPS) is 11.3. The summed E-state index contributed by atoms with van der Waals surface area (Å²) < 4.78 is 49.1. The van der Waals surface area contributed by atoms with Gasteiger partial charge in [-0.15, -0.1) is 0 Å². The molecule has 0 saturated heterocycles. The molecule has 0 aliphatic heterocycles. The zero-order valence-electron chi connectivity index (χ0n) is 31.5. The molecular formula is C37H57N5O12S. The molecule has 55 heavy (non-hydrogen) atoms. The Kier molecular flexibility index (Phi) is 24.8. The van der Waals surface area contributed by atoms with Gasteiger partial charge in [0.2, 0.25) is 11.9 Å². The Hall–Kier alpha value is -4.23. The van der Waals surface area contributed by atoms with E-state index < -0.39 is 27.9 Å². The summed E-state index contributed by atoms with van der Waals surface area (Å²) in [7, 11) is -3.95. The summed E-state index contributed by atoms with van der Waals surface area (Å²) in [6, 6.07) is 6.79. The number of nitrogens with zero attached hydrogens (tertiary/aromatic N) is 2. The van der Waals surface area contributed by atoms with Crippen LogP contribution in [-0.2, 0) is 49.8 Å². The molecule has 2 aromatic rings. The van der Waals surface area contributed by atoms with E-state index in [-0.39, 0.29) is 94.7 Å². The average molecular weight is 796 g/mol. The first-order valence-corrected chi connectivity index (χ1v) is 20.3. The SMILES string of the molecule is O=C(O)CCCCCCCCCCCCCc1cccc(S(=O)(=O)Nc2ncc(C(=O)NCCOCCOCC(=O)NCCOCCOCC(=O)O)cn2)c1. The van der Waals surface area contributed by atoms with Crippen molar-refractivity contribution in [2.45, 2.75) is 88.4 Å². The molecule has 0 fully saturated rings. The number of aliphatic carboxylic acids is 2. The highest BCUT2D eigenvalue weighted by Crippen LogP contribution is 2.18. The van der Waals surface area contributed by atoms with Gasteiger partial charge in [-0.1, -0.05) is 69.9 Å². The van der Waals surface area contributed by atoms with Crippen LogP contribution >= 0.6 is 0 Å². The molecule has 17 nitrogen and oxygen atoms in total. The van der Waals surface area contributed by atoms with Gasteiger partial charge in [0.15, 0.2) is 0 Å². The van der Waals surface area contributed by atoms with Crippen LogP contribution < -0.4 is 15.4 Å². The first kappa shape index (κ1) is 46.9. The first-order valence-electron chi connectivity index (χ1n) is 18.8. The number of amides is 2. The molecule has 18 heteroatoms. The minimum absolute atomic E-state index is 0.105. The Balaban J connectivity index is 1.54. The molecule has 0 bridgehead atoms. The van der Waals surface area contributed by atoms with E-state index in [9.17, 15) is 27.6 Å². The van der Waals surface area contributed by atoms with Gasteiger partial charge in [0.05, 0.1) is 50.1 Å². The third-order valence-corrected chi connectivity index (χ3v) is 9.33. The van der Waals surface area contributed by atoms with Crippen molar-refractivity contribution in [3.63, 3.8) is 0 Å². The Morgan fingerprint density at radius 2 is 1.18 bits per heavy atom. The van der Waals surface area contributed by atoms with E-state index in [1.54, 1.807) is 12.1 Å². The Labute approximate surface area is 323 Å². The molecule has 5 N–H and O–H groups in total. The summed E-state index contributed by atoms with van der Waals surface area (Å²) in [6.07, 6.45) is 15.4. The largest absolute Gasteiger partial charge is 0.481 e. The van der Waals surface area contributed by atoms with Crippen LogP contribution in [-0.4, -0.2) is 118 Å². The number of hydrogen-bond acceptors (Lipinski definition) is 12. The lowest BCUT2D eigenvalue weighted by atomic mass is 10.0. The van der Waals surface area contributed by atoms with Gasteiger partial charge in [0, 0.05) is 31.9 Å². The van der Waals surface area contributed by atoms with E-state index in [2.05, 4.69) is 25.3 Å². The second kappa shape index (κ2) is 29.1. The van der Waals surface area contributed by atoms with E-state index in [1.807, 2.05) is 6.07 Å². The summed E-state index contributed by atoms with van der Waals surface area (Å²) in [5.41, 5.74) is 1.07. The maximum absolute atomic E-state index is 13.0. The number of hydrogen-bond donors (Lipinski definition) is 5. The van der Waals surface area contributed by atoms with Gasteiger partial charge in [-0.2, -0.15) is 0 Å². The molecule has 308 valence electrons. The molecule has 0 saturated carbocycles. The molecule has 0 spiro atoms. The van der Waals surface area contributed by atoms with Crippen LogP contribution in [0.25, 0.3) is 0 Å². The predicted molar refractivity (Wildman–Crippen MR) is 202 cm³/mol. The fraction of sp³-hybridized carbons (Fsp3) is 0.622. The van der Waals surface area contributed by atoms with Crippen molar-refractivity contribution >= 4 is 39.7 Å². The minimum atomic E-state index is -3.95. The number of ether oxygens (including phenoxy) is 4. The molecule has 0 aliphatic rings. The van der Waals surface area contributed by atoms with Crippen LogP contribution in [0.3, 0.4) is 0 Å². The fourth-order valence-corrected chi connectivity index (χ4v) is 6.19. The lowest BCUT2D eigenvalue weighted by Crippen LogP contribution is -2.31. The number of carbonyl (C=O) groups is 4. The second-order valence-electron chi connectivity index (χ2n) is 12.7. The molecule has 1 aromatic carbocycles. The Bertz CT molecular complexity index is 1510. The van der Waals surface area contributed by atoms with Crippen LogP contribution in [0.1, 0.15) is 93.0 Å².